The maximum atomic E-state index is 12.6. The lowest BCUT2D eigenvalue weighted by atomic mass is 9.95. The van der Waals surface area contributed by atoms with Crippen molar-refractivity contribution in [2.45, 2.75) is 31.5 Å². The highest BCUT2D eigenvalue weighted by Gasteiger charge is 2.30. The molecule has 0 amide bonds. The third kappa shape index (κ3) is 3.44. The Morgan fingerprint density at radius 3 is 2.38 bits per heavy atom. The summed E-state index contributed by atoms with van der Waals surface area (Å²) in [5.41, 5.74) is 1.16. The molecule has 0 bridgehead atoms. The van der Waals surface area contributed by atoms with E-state index < -0.39 is 11.7 Å². The van der Waals surface area contributed by atoms with Gasteiger partial charge < -0.3 is 0 Å². The largest absolute Gasteiger partial charge is 0.416 e. The number of nitrogens with zero attached hydrogens (tertiary/aromatic N) is 4. The van der Waals surface area contributed by atoms with Gasteiger partial charge in [-0.15, -0.1) is 10.2 Å². The second-order valence-electron chi connectivity index (χ2n) is 6.73. The van der Waals surface area contributed by atoms with Crippen molar-refractivity contribution in [1.29, 1.82) is 0 Å². The molecule has 0 saturated carbocycles. The third-order valence-electron chi connectivity index (χ3n) is 4.98. The van der Waals surface area contributed by atoms with E-state index in [1.165, 1.54) is 0 Å². The van der Waals surface area contributed by atoms with Gasteiger partial charge in [0.15, 0.2) is 5.65 Å². The molecular formula is C19H19F3N4. The number of hydrogen-bond acceptors (Lipinski definition) is 3. The standard InChI is InChI=1S/C19H19F3N4/c20-19(21,22)16-6-4-14(5-7-16)13-25-11-8-15(9-12-25)18-24-23-17-3-1-2-10-26(17)18/h1-7,10,15H,8-9,11-13H2. The number of halogens is 3. The van der Waals surface area contributed by atoms with Crippen LogP contribution in [0.4, 0.5) is 13.2 Å². The average Bonchev–Trinajstić information content (AvgIpc) is 3.06. The Labute approximate surface area is 149 Å². The first-order valence-electron chi connectivity index (χ1n) is 8.69. The summed E-state index contributed by atoms with van der Waals surface area (Å²) >= 11 is 0. The number of benzene rings is 1. The summed E-state index contributed by atoms with van der Waals surface area (Å²) in [6.07, 6.45) is -0.357. The molecule has 3 aromatic rings. The number of likely N-dealkylation sites (tertiary alicyclic amines) is 1. The summed E-state index contributed by atoms with van der Waals surface area (Å²) in [5, 5.41) is 8.56. The van der Waals surface area contributed by atoms with E-state index in [1.54, 1.807) is 12.1 Å². The highest BCUT2D eigenvalue weighted by molar-refractivity contribution is 5.37. The fraction of sp³-hybridized carbons (Fsp3) is 0.368. The summed E-state index contributed by atoms with van der Waals surface area (Å²) in [5.74, 6) is 1.35. The van der Waals surface area contributed by atoms with Crippen LogP contribution in [-0.4, -0.2) is 32.6 Å². The molecule has 1 fully saturated rings. The van der Waals surface area contributed by atoms with Crippen LogP contribution in [0.25, 0.3) is 5.65 Å². The van der Waals surface area contributed by atoms with Gasteiger partial charge in [0.1, 0.15) is 5.82 Å². The Hall–Kier alpha value is -2.41. The number of fused-ring (bicyclic) bond motifs is 1. The molecule has 1 saturated heterocycles. The minimum absolute atomic E-state index is 0.358. The van der Waals surface area contributed by atoms with E-state index in [2.05, 4.69) is 15.1 Å². The van der Waals surface area contributed by atoms with Gasteiger partial charge >= 0.3 is 6.18 Å². The van der Waals surface area contributed by atoms with Gasteiger partial charge in [0.2, 0.25) is 0 Å². The maximum absolute atomic E-state index is 12.6. The molecule has 0 radical (unpaired) electrons. The molecular weight excluding hydrogens is 341 g/mol. The zero-order valence-corrected chi connectivity index (χ0v) is 14.2. The predicted octanol–water partition coefficient (Wildman–Crippen LogP) is 4.13. The summed E-state index contributed by atoms with van der Waals surface area (Å²) < 4.78 is 40.0. The van der Waals surface area contributed by atoms with Crippen molar-refractivity contribution in [3.63, 3.8) is 0 Å². The molecule has 1 aliphatic rings. The van der Waals surface area contributed by atoms with Crippen molar-refractivity contribution in [2.24, 2.45) is 0 Å². The normalized spacial score (nSPS) is 17.0. The molecule has 0 spiro atoms. The molecule has 0 unspecified atom stereocenters. The van der Waals surface area contributed by atoms with E-state index in [0.717, 1.165) is 55.1 Å². The third-order valence-corrected chi connectivity index (χ3v) is 4.98. The second kappa shape index (κ2) is 6.72. The van der Waals surface area contributed by atoms with Crippen LogP contribution in [0, 0.1) is 0 Å². The molecule has 1 aromatic carbocycles. The van der Waals surface area contributed by atoms with Gasteiger partial charge in [-0.25, -0.2) is 0 Å². The summed E-state index contributed by atoms with van der Waals surface area (Å²) in [6.45, 7) is 2.46. The maximum Gasteiger partial charge on any atom is 0.416 e. The molecule has 3 heterocycles. The first kappa shape index (κ1) is 17.0. The molecule has 136 valence electrons. The van der Waals surface area contributed by atoms with Crippen LogP contribution >= 0.6 is 0 Å². The molecule has 7 heteroatoms. The van der Waals surface area contributed by atoms with Gasteiger partial charge in [-0.3, -0.25) is 9.30 Å². The number of piperidine rings is 1. The number of rotatable bonds is 3. The van der Waals surface area contributed by atoms with E-state index in [1.807, 2.05) is 28.8 Å². The Morgan fingerprint density at radius 2 is 1.69 bits per heavy atom. The summed E-state index contributed by atoms with van der Waals surface area (Å²) in [4.78, 5) is 2.28. The van der Waals surface area contributed by atoms with Crippen molar-refractivity contribution in [1.82, 2.24) is 19.5 Å². The number of alkyl halides is 3. The van der Waals surface area contributed by atoms with E-state index in [-0.39, 0.29) is 0 Å². The van der Waals surface area contributed by atoms with E-state index >= 15 is 0 Å². The Morgan fingerprint density at radius 1 is 0.962 bits per heavy atom. The first-order valence-corrected chi connectivity index (χ1v) is 8.69. The van der Waals surface area contributed by atoms with Crippen molar-refractivity contribution < 1.29 is 13.2 Å². The predicted molar refractivity (Wildman–Crippen MR) is 91.7 cm³/mol. The quantitative estimate of drug-likeness (QED) is 0.704. The van der Waals surface area contributed by atoms with E-state index in [9.17, 15) is 13.2 Å². The Kier molecular flexibility index (Phi) is 4.40. The fourth-order valence-corrected chi connectivity index (χ4v) is 3.54. The van der Waals surface area contributed by atoms with Gasteiger partial charge in [0.05, 0.1) is 5.56 Å². The van der Waals surface area contributed by atoms with Crippen molar-refractivity contribution in [3.05, 3.63) is 65.6 Å². The van der Waals surface area contributed by atoms with Crippen LogP contribution in [-0.2, 0) is 12.7 Å². The van der Waals surface area contributed by atoms with Gasteiger partial charge in [-0.2, -0.15) is 13.2 Å². The number of hydrogen-bond donors (Lipinski definition) is 0. The van der Waals surface area contributed by atoms with Crippen LogP contribution in [0.2, 0.25) is 0 Å². The molecule has 0 atom stereocenters. The molecule has 0 aliphatic carbocycles. The number of aromatic nitrogens is 3. The SMILES string of the molecule is FC(F)(F)c1ccc(CN2CCC(c3nnc4ccccn34)CC2)cc1. The number of pyridine rings is 1. The van der Waals surface area contributed by atoms with Crippen molar-refractivity contribution >= 4 is 5.65 Å². The fourth-order valence-electron chi connectivity index (χ4n) is 3.54. The lowest BCUT2D eigenvalue weighted by Gasteiger charge is -2.31. The minimum atomic E-state index is -4.28. The molecule has 1 aliphatic heterocycles. The lowest BCUT2D eigenvalue weighted by molar-refractivity contribution is -0.137. The zero-order valence-electron chi connectivity index (χ0n) is 14.2. The van der Waals surface area contributed by atoms with Gasteiger partial charge in [0, 0.05) is 18.7 Å². The van der Waals surface area contributed by atoms with Crippen LogP contribution in [0.5, 0.6) is 0 Å². The van der Waals surface area contributed by atoms with Gasteiger partial charge in [-0.05, 0) is 55.8 Å². The summed E-state index contributed by atoms with van der Waals surface area (Å²) in [6, 6.07) is 11.3. The Bertz CT molecular complexity index is 878. The monoisotopic (exact) mass is 360 g/mol. The molecule has 4 nitrogen and oxygen atoms in total. The Balaban J connectivity index is 1.38. The highest BCUT2D eigenvalue weighted by Crippen LogP contribution is 2.30. The van der Waals surface area contributed by atoms with Crippen LogP contribution in [0.3, 0.4) is 0 Å². The first-order chi connectivity index (χ1) is 12.5. The molecule has 26 heavy (non-hydrogen) atoms. The molecule has 2 aromatic heterocycles. The lowest BCUT2D eigenvalue weighted by Crippen LogP contribution is -2.33. The highest BCUT2D eigenvalue weighted by atomic mass is 19.4. The zero-order chi connectivity index (χ0) is 18.1. The van der Waals surface area contributed by atoms with Crippen LogP contribution in [0.15, 0.2) is 48.7 Å². The van der Waals surface area contributed by atoms with Crippen molar-refractivity contribution in [2.75, 3.05) is 13.1 Å². The van der Waals surface area contributed by atoms with Gasteiger partial charge in [-0.1, -0.05) is 18.2 Å². The van der Waals surface area contributed by atoms with Gasteiger partial charge in [0.25, 0.3) is 0 Å². The second-order valence-corrected chi connectivity index (χ2v) is 6.73. The van der Waals surface area contributed by atoms with E-state index in [0.29, 0.717) is 12.5 Å². The topological polar surface area (TPSA) is 33.4 Å². The van der Waals surface area contributed by atoms with Crippen molar-refractivity contribution in [3.8, 4) is 0 Å². The molecule has 0 N–H and O–H groups in total. The van der Waals surface area contributed by atoms with Crippen LogP contribution in [0.1, 0.15) is 35.7 Å². The minimum Gasteiger partial charge on any atom is -0.299 e. The average molecular weight is 360 g/mol. The summed E-state index contributed by atoms with van der Waals surface area (Å²) in [7, 11) is 0. The molecule has 4 rings (SSSR count). The smallest absolute Gasteiger partial charge is 0.299 e. The van der Waals surface area contributed by atoms with E-state index in [4.69, 9.17) is 0 Å². The van der Waals surface area contributed by atoms with Crippen LogP contribution < -0.4 is 0 Å².